The highest BCUT2D eigenvalue weighted by molar-refractivity contribution is 7.18. The molecule has 3 N–H and O–H groups in total. The smallest absolute Gasteiger partial charge is 0.258 e. The van der Waals surface area contributed by atoms with Gasteiger partial charge < -0.3 is 11.1 Å². The average molecular weight is 302 g/mol. The van der Waals surface area contributed by atoms with Crippen molar-refractivity contribution in [2.75, 3.05) is 11.1 Å². The van der Waals surface area contributed by atoms with Crippen LogP contribution in [0.1, 0.15) is 43.6 Å². The number of hydrogen-bond donors (Lipinski definition) is 2. The molecule has 1 heterocycles. The highest BCUT2D eigenvalue weighted by Gasteiger charge is 2.21. The molecule has 0 saturated carbocycles. The highest BCUT2D eigenvalue weighted by Crippen LogP contribution is 2.31. The topological polar surface area (TPSA) is 72.2 Å². The Hall–Kier alpha value is -2.14. The lowest BCUT2D eigenvalue weighted by molar-refractivity contribution is 0.102. The van der Waals surface area contributed by atoms with E-state index in [1.54, 1.807) is 6.92 Å². The molecule has 0 aliphatic heterocycles. The quantitative estimate of drug-likeness (QED) is 0.849. The molecule has 0 aliphatic rings. The molecule has 0 bridgehead atoms. The number of carbonyl (C=O) groups is 2. The lowest BCUT2D eigenvalue weighted by Gasteiger charge is -2.08. The van der Waals surface area contributed by atoms with Gasteiger partial charge in [-0.2, -0.15) is 0 Å². The van der Waals surface area contributed by atoms with Crippen LogP contribution in [0.25, 0.3) is 0 Å². The van der Waals surface area contributed by atoms with E-state index in [-0.39, 0.29) is 11.7 Å². The van der Waals surface area contributed by atoms with Crippen LogP contribution < -0.4 is 11.1 Å². The number of ketones is 1. The number of nitrogen functional groups attached to an aromatic ring is 1. The number of benzene rings is 1. The second-order valence-corrected chi connectivity index (χ2v) is 6.23. The van der Waals surface area contributed by atoms with E-state index in [4.69, 9.17) is 5.73 Å². The summed E-state index contributed by atoms with van der Waals surface area (Å²) >= 11 is 1.16. The van der Waals surface area contributed by atoms with E-state index >= 15 is 0 Å². The summed E-state index contributed by atoms with van der Waals surface area (Å²) in [6.07, 6.45) is 0. The lowest BCUT2D eigenvalue weighted by atomic mass is 10.1. The molecule has 0 unspecified atom stereocenters. The van der Waals surface area contributed by atoms with Crippen LogP contribution in [0.15, 0.2) is 18.2 Å². The Balaban J connectivity index is 2.35. The van der Waals surface area contributed by atoms with Crippen LogP contribution >= 0.6 is 11.3 Å². The number of amides is 1. The standard InChI is InChI=1S/C16H18N2O2S/c1-8-5-9(2)7-12(6-8)18-16(20)13-10(3)14(11(4)19)21-15(13)17/h5-7H,17H2,1-4H3,(H,18,20). The number of anilines is 2. The third-order valence-electron chi connectivity index (χ3n) is 3.20. The van der Waals surface area contributed by atoms with E-state index in [2.05, 4.69) is 5.32 Å². The molecule has 4 nitrogen and oxygen atoms in total. The first-order valence-electron chi connectivity index (χ1n) is 6.59. The maximum atomic E-state index is 12.4. The molecule has 0 fully saturated rings. The number of nitrogens with one attached hydrogen (secondary N) is 1. The van der Waals surface area contributed by atoms with Crippen molar-refractivity contribution in [1.29, 1.82) is 0 Å². The first kappa shape index (κ1) is 15.3. The Morgan fingerprint density at radius 2 is 1.67 bits per heavy atom. The zero-order chi connectivity index (χ0) is 15.7. The van der Waals surface area contributed by atoms with Crippen LogP contribution in [0.4, 0.5) is 10.7 Å². The minimum atomic E-state index is -0.279. The predicted molar refractivity (Wildman–Crippen MR) is 87.3 cm³/mol. The van der Waals surface area contributed by atoms with Gasteiger partial charge in [0.15, 0.2) is 5.78 Å². The van der Waals surface area contributed by atoms with Crippen molar-refractivity contribution >= 4 is 33.7 Å². The normalized spacial score (nSPS) is 10.5. The summed E-state index contributed by atoms with van der Waals surface area (Å²) in [5.74, 6) is -0.353. The Bertz CT molecular complexity index is 712. The summed E-state index contributed by atoms with van der Waals surface area (Å²) in [4.78, 5) is 24.5. The van der Waals surface area contributed by atoms with Gasteiger partial charge in [0, 0.05) is 5.69 Å². The van der Waals surface area contributed by atoms with Crippen molar-refractivity contribution in [3.8, 4) is 0 Å². The lowest BCUT2D eigenvalue weighted by Crippen LogP contribution is -2.14. The monoisotopic (exact) mass is 302 g/mol. The summed E-state index contributed by atoms with van der Waals surface area (Å²) in [7, 11) is 0. The molecule has 21 heavy (non-hydrogen) atoms. The van der Waals surface area contributed by atoms with E-state index in [1.165, 1.54) is 6.92 Å². The molecular formula is C16H18N2O2S. The number of rotatable bonds is 3. The highest BCUT2D eigenvalue weighted by atomic mass is 32.1. The van der Waals surface area contributed by atoms with Crippen molar-refractivity contribution in [2.24, 2.45) is 0 Å². The molecule has 1 aromatic heterocycles. The van der Waals surface area contributed by atoms with Crippen LogP contribution in [0.3, 0.4) is 0 Å². The van der Waals surface area contributed by atoms with Crippen molar-refractivity contribution in [2.45, 2.75) is 27.7 Å². The summed E-state index contributed by atoms with van der Waals surface area (Å²) < 4.78 is 0. The third kappa shape index (κ3) is 3.13. The maximum absolute atomic E-state index is 12.4. The number of carbonyl (C=O) groups excluding carboxylic acids is 2. The van der Waals surface area contributed by atoms with Crippen LogP contribution in [0.5, 0.6) is 0 Å². The molecule has 0 atom stereocenters. The molecule has 0 saturated heterocycles. The second-order valence-electron chi connectivity index (χ2n) is 5.18. The van der Waals surface area contributed by atoms with Crippen LogP contribution in [-0.4, -0.2) is 11.7 Å². The Labute approximate surface area is 128 Å². The van der Waals surface area contributed by atoms with Crippen LogP contribution in [0, 0.1) is 20.8 Å². The first-order chi connectivity index (χ1) is 9.79. The van der Waals surface area contributed by atoms with E-state index in [1.807, 2.05) is 32.0 Å². The fourth-order valence-electron chi connectivity index (χ4n) is 2.39. The molecule has 110 valence electrons. The Morgan fingerprint density at radius 1 is 1.10 bits per heavy atom. The summed E-state index contributed by atoms with van der Waals surface area (Å²) in [5.41, 5.74) is 9.81. The van der Waals surface area contributed by atoms with Gasteiger partial charge in [-0.25, -0.2) is 0 Å². The van der Waals surface area contributed by atoms with E-state index in [0.717, 1.165) is 28.2 Å². The number of nitrogens with two attached hydrogens (primary N) is 1. The maximum Gasteiger partial charge on any atom is 0.258 e. The van der Waals surface area contributed by atoms with Crippen LogP contribution in [-0.2, 0) is 0 Å². The SMILES string of the molecule is CC(=O)c1sc(N)c(C(=O)Nc2cc(C)cc(C)c2)c1C. The molecule has 5 heteroatoms. The largest absolute Gasteiger partial charge is 0.390 e. The molecule has 0 spiro atoms. The van der Waals surface area contributed by atoms with Gasteiger partial charge in [0.2, 0.25) is 0 Å². The molecule has 2 rings (SSSR count). The molecule has 1 aromatic carbocycles. The molecular weight excluding hydrogens is 284 g/mol. The van der Waals surface area contributed by atoms with E-state index in [9.17, 15) is 9.59 Å². The minimum absolute atomic E-state index is 0.0744. The predicted octanol–water partition coefficient (Wildman–Crippen LogP) is 3.71. The first-order valence-corrected chi connectivity index (χ1v) is 7.40. The second kappa shape index (κ2) is 5.69. The minimum Gasteiger partial charge on any atom is -0.390 e. The van der Waals surface area contributed by atoms with E-state index < -0.39 is 0 Å². The van der Waals surface area contributed by atoms with Gasteiger partial charge in [0.05, 0.1) is 15.4 Å². The summed E-state index contributed by atoms with van der Waals surface area (Å²) in [6, 6.07) is 5.83. The van der Waals surface area contributed by atoms with Crippen molar-refractivity contribution < 1.29 is 9.59 Å². The van der Waals surface area contributed by atoms with Crippen molar-refractivity contribution in [1.82, 2.24) is 0 Å². The van der Waals surface area contributed by atoms with Crippen LogP contribution in [0.2, 0.25) is 0 Å². The van der Waals surface area contributed by atoms with Gasteiger partial charge in [0.1, 0.15) is 0 Å². The zero-order valence-electron chi connectivity index (χ0n) is 12.5. The zero-order valence-corrected chi connectivity index (χ0v) is 13.4. The molecule has 2 aromatic rings. The van der Waals surface area contributed by atoms with Gasteiger partial charge in [-0.3, -0.25) is 9.59 Å². The van der Waals surface area contributed by atoms with Gasteiger partial charge in [-0.05, 0) is 56.5 Å². The van der Waals surface area contributed by atoms with Gasteiger partial charge >= 0.3 is 0 Å². The Kier molecular flexibility index (Phi) is 4.14. The fourth-order valence-corrected chi connectivity index (χ4v) is 3.36. The van der Waals surface area contributed by atoms with Crippen molar-refractivity contribution in [3.63, 3.8) is 0 Å². The summed E-state index contributed by atoms with van der Waals surface area (Å²) in [6.45, 7) is 7.17. The number of Topliss-reactive ketones (excluding diaryl/α,β-unsaturated/α-hetero) is 1. The van der Waals surface area contributed by atoms with Gasteiger partial charge in [0.25, 0.3) is 5.91 Å². The molecule has 1 amide bonds. The van der Waals surface area contributed by atoms with Gasteiger partial charge in [-0.15, -0.1) is 11.3 Å². The third-order valence-corrected chi connectivity index (χ3v) is 4.42. The van der Waals surface area contributed by atoms with Crippen molar-refractivity contribution in [3.05, 3.63) is 45.3 Å². The number of aryl methyl sites for hydroxylation is 2. The van der Waals surface area contributed by atoms with Gasteiger partial charge in [-0.1, -0.05) is 6.07 Å². The fraction of sp³-hybridized carbons (Fsp3) is 0.250. The Morgan fingerprint density at radius 3 is 2.14 bits per heavy atom. The van der Waals surface area contributed by atoms with E-state index in [0.29, 0.717) is 21.0 Å². The summed E-state index contributed by atoms with van der Waals surface area (Å²) in [5, 5.41) is 3.22. The number of hydrogen-bond acceptors (Lipinski definition) is 4. The average Bonchev–Trinajstić information content (AvgIpc) is 2.63. The number of thiophene rings is 1. The molecule has 0 aliphatic carbocycles. The molecule has 0 radical (unpaired) electrons.